The number of nitrogens with zero attached hydrogens (tertiary/aromatic N) is 2. The van der Waals surface area contributed by atoms with Crippen molar-refractivity contribution in [2.45, 2.75) is 64.1 Å². The number of aliphatic hydroxyl groups is 1. The van der Waals surface area contributed by atoms with Crippen LogP contribution in [0.5, 0.6) is 5.75 Å². The minimum Gasteiger partial charge on any atom is -0.489 e. The van der Waals surface area contributed by atoms with Crippen LogP contribution in [-0.4, -0.2) is 51.1 Å². The van der Waals surface area contributed by atoms with Crippen molar-refractivity contribution in [3.05, 3.63) is 58.9 Å². The maximum Gasteiger partial charge on any atom is 0.366 e. The van der Waals surface area contributed by atoms with Gasteiger partial charge in [0.1, 0.15) is 17.7 Å². The first kappa shape index (κ1) is 24.5. The first-order chi connectivity index (χ1) is 16.6. The second-order valence-corrected chi connectivity index (χ2v) is 8.85. The van der Waals surface area contributed by atoms with Gasteiger partial charge in [-0.2, -0.15) is 8.78 Å². The highest BCUT2D eigenvalue weighted by Gasteiger charge is 2.42. The van der Waals surface area contributed by atoms with Crippen molar-refractivity contribution in [2.24, 2.45) is 0 Å². The van der Waals surface area contributed by atoms with Crippen LogP contribution in [0.1, 0.15) is 53.9 Å². The van der Waals surface area contributed by atoms with Crippen molar-refractivity contribution in [3.63, 3.8) is 0 Å². The van der Waals surface area contributed by atoms with Crippen LogP contribution in [0.2, 0.25) is 0 Å². The molecular weight excluding hydrogens is 462 g/mol. The van der Waals surface area contributed by atoms with Gasteiger partial charge < -0.3 is 25.4 Å². The molecule has 0 bridgehead atoms. The highest BCUT2D eigenvalue weighted by molar-refractivity contribution is 5.98. The number of carbonyl (C=O) groups excluding carboxylic acids is 3. The zero-order chi connectivity index (χ0) is 25.3. The molecule has 0 radical (unpaired) electrons. The Morgan fingerprint density at radius 1 is 1.31 bits per heavy atom. The van der Waals surface area contributed by atoms with E-state index in [-0.39, 0.29) is 37.4 Å². The van der Waals surface area contributed by atoms with E-state index in [2.05, 4.69) is 15.6 Å². The van der Waals surface area contributed by atoms with Crippen LogP contribution in [0, 0.1) is 0 Å². The molecular formula is C24H26F2N4O5. The van der Waals surface area contributed by atoms with Gasteiger partial charge in [-0.25, -0.2) is 0 Å². The van der Waals surface area contributed by atoms with Crippen LogP contribution >= 0.6 is 0 Å². The highest BCUT2D eigenvalue weighted by Crippen LogP contribution is 2.30. The SMILES string of the molecule is CC(C)Oc1ccc(C(F)(F)C(=O)NCc2ccc3c(c2)CN(C2CCC(=O)NC2O)C3=O)nc1. The molecule has 35 heavy (non-hydrogen) atoms. The Labute approximate surface area is 200 Å². The number of hydrogen-bond donors (Lipinski definition) is 3. The number of piperidine rings is 1. The second-order valence-electron chi connectivity index (χ2n) is 8.85. The molecule has 2 unspecified atom stereocenters. The number of benzene rings is 1. The summed E-state index contributed by atoms with van der Waals surface area (Å²) in [5.74, 6) is -5.57. The fourth-order valence-corrected chi connectivity index (χ4v) is 4.19. The number of rotatable bonds is 7. The number of amides is 3. The van der Waals surface area contributed by atoms with Crippen molar-refractivity contribution in [3.8, 4) is 5.75 Å². The van der Waals surface area contributed by atoms with Crippen LogP contribution in [0.15, 0.2) is 36.5 Å². The Kier molecular flexibility index (Phi) is 6.70. The van der Waals surface area contributed by atoms with Crippen LogP contribution in [0.25, 0.3) is 0 Å². The molecule has 1 aromatic heterocycles. The Balaban J connectivity index is 1.39. The van der Waals surface area contributed by atoms with Crippen LogP contribution in [0.3, 0.4) is 0 Å². The van der Waals surface area contributed by atoms with Gasteiger partial charge in [0.2, 0.25) is 5.91 Å². The summed E-state index contributed by atoms with van der Waals surface area (Å²) in [6, 6.07) is 6.64. The summed E-state index contributed by atoms with van der Waals surface area (Å²) >= 11 is 0. The molecule has 2 aromatic rings. The van der Waals surface area contributed by atoms with Crippen molar-refractivity contribution in [1.82, 2.24) is 20.5 Å². The molecule has 0 spiro atoms. The molecule has 3 heterocycles. The summed E-state index contributed by atoms with van der Waals surface area (Å²) in [5, 5.41) is 14.8. The molecule has 3 N–H and O–H groups in total. The standard InChI is InChI=1S/C24H26F2N4O5/c1-13(2)35-16-4-7-19(27-11-16)24(25,26)23(34)28-10-14-3-5-17-15(9-14)12-30(22(17)33)18-6-8-20(31)29-21(18)32/h3-5,7,9,11,13,18,21,32H,6,8,10,12H2,1-2H3,(H,28,34)(H,29,31). The van der Waals surface area contributed by atoms with Gasteiger partial charge in [-0.15, -0.1) is 0 Å². The first-order valence-corrected chi connectivity index (χ1v) is 11.3. The molecule has 0 saturated carbocycles. The Bertz CT molecular complexity index is 1140. The number of alkyl halides is 2. The lowest BCUT2D eigenvalue weighted by atomic mass is 10.0. The number of pyridine rings is 1. The number of carbonyl (C=O) groups is 3. The second kappa shape index (κ2) is 9.57. The third-order valence-electron chi connectivity index (χ3n) is 5.91. The van der Waals surface area contributed by atoms with E-state index >= 15 is 0 Å². The predicted octanol–water partition coefficient (Wildman–Crippen LogP) is 1.83. The van der Waals surface area contributed by atoms with Crippen molar-refractivity contribution >= 4 is 17.7 Å². The normalized spacial score (nSPS) is 20.0. The molecule has 2 atom stereocenters. The van der Waals surface area contributed by atoms with Crippen molar-refractivity contribution in [1.29, 1.82) is 0 Å². The average Bonchev–Trinajstić information content (AvgIpc) is 3.13. The minimum atomic E-state index is -3.85. The Morgan fingerprint density at radius 3 is 2.74 bits per heavy atom. The van der Waals surface area contributed by atoms with E-state index in [1.54, 1.807) is 32.0 Å². The van der Waals surface area contributed by atoms with Gasteiger partial charge in [-0.1, -0.05) is 12.1 Å². The Hall–Kier alpha value is -3.60. The van der Waals surface area contributed by atoms with E-state index in [1.165, 1.54) is 11.0 Å². The number of ether oxygens (including phenoxy) is 1. The zero-order valence-corrected chi connectivity index (χ0v) is 19.3. The summed E-state index contributed by atoms with van der Waals surface area (Å²) < 4.78 is 34.6. The van der Waals surface area contributed by atoms with Crippen LogP contribution in [-0.2, 0) is 28.6 Å². The first-order valence-electron chi connectivity index (χ1n) is 11.3. The molecule has 1 saturated heterocycles. The molecule has 0 aliphatic carbocycles. The highest BCUT2D eigenvalue weighted by atomic mass is 19.3. The summed E-state index contributed by atoms with van der Waals surface area (Å²) in [6.45, 7) is 3.62. The van der Waals surface area contributed by atoms with Crippen LogP contribution in [0.4, 0.5) is 8.78 Å². The maximum atomic E-state index is 14.6. The van der Waals surface area contributed by atoms with Gasteiger partial charge in [-0.3, -0.25) is 19.4 Å². The van der Waals surface area contributed by atoms with Gasteiger partial charge in [0.05, 0.1) is 18.3 Å². The van der Waals surface area contributed by atoms with Crippen LogP contribution < -0.4 is 15.4 Å². The molecule has 2 aliphatic heterocycles. The summed E-state index contributed by atoms with van der Waals surface area (Å²) in [5.41, 5.74) is 0.926. The molecule has 4 rings (SSSR count). The van der Waals surface area contributed by atoms with Crippen molar-refractivity contribution < 1.29 is 33.0 Å². The minimum absolute atomic E-state index is 0.144. The number of hydrogen-bond acceptors (Lipinski definition) is 6. The van der Waals surface area contributed by atoms with Gasteiger partial charge in [0.25, 0.3) is 11.8 Å². The molecule has 2 aliphatic rings. The maximum absolute atomic E-state index is 14.6. The van der Waals surface area contributed by atoms with Gasteiger partial charge in [0.15, 0.2) is 0 Å². The smallest absolute Gasteiger partial charge is 0.366 e. The van der Waals surface area contributed by atoms with E-state index in [4.69, 9.17) is 4.74 Å². The van der Waals surface area contributed by atoms with Crippen molar-refractivity contribution in [2.75, 3.05) is 0 Å². The van der Waals surface area contributed by atoms with E-state index in [0.717, 1.165) is 12.3 Å². The Morgan fingerprint density at radius 2 is 2.09 bits per heavy atom. The third kappa shape index (κ3) is 5.09. The molecule has 11 heteroatoms. The average molecular weight is 488 g/mol. The fraction of sp³-hybridized carbons (Fsp3) is 0.417. The number of aromatic nitrogens is 1. The quantitative estimate of drug-likeness (QED) is 0.547. The lowest BCUT2D eigenvalue weighted by Gasteiger charge is -2.35. The topological polar surface area (TPSA) is 121 Å². The predicted molar refractivity (Wildman–Crippen MR) is 119 cm³/mol. The molecule has 9 nitrogen and oxygen atoms in total. The van der Waals surface area contributed by atoms with Gasteiger partial charge >= 0.3 is 5.92 Å². The largest absolute Gasteiger partial charge is 0.489 e. The molecule has 1 fully saturated rings. The van der Waals surface area contributed by atoms with E-state index in [1.807, 2.05) is 0 Å². The molecule has 3 amide bonds. The number of halogens is 2. The van der Waals surface area contributed by atoms with Gasteiger partial charge in [0, 0.05) is 25.1 Å². The molecule has 186 valence electrons. The summed E-state index contributed by atoms with van der Waals surface area (Å²) in [7, 11) is 0. The molecule has 1 aromatic carbocycles. The summed E-state index contributed by atoms with van der Waals surface area (Å²) in [4.78, 5) is 41.7. The third-order valence-corrected chi connectivity index (χ3v) is 5.91. The monoisotopic (exact) mass is 488 g/mol. The lowest BCUT2D eigenvalue weighted by molar-refractivity contribution is -0.147. The van der Waals surface area contributed by atoms with Gasteiger partial charge in [-0.05, 0) is 49.6 Å². The van der Waals surface area contributed by atoms with E-state index in [9.17, 15) is 28.3 Å². The fourth-order valence-electron chi connectivity index (χ4n) is 4.19. The van der Waals surface area contributed by atoms with E-state index < -0.39 is 29.8 Å². The number of nitrogens with one attached hydrogen (secondary N) is 2. The number of aliphatic hydroxyl groups excluding tert-OH is 1. The summed E-state index contributed by atoms with van der Waals surface area (Å²) in [6.07, 6.45) is 0.387. The lowest BCUT2D eigenvalue weighted by Crippen LogP contribution is -2.55. The number of fused-ring (bicyclic) bond motifs is 1. The van der Waals surface area contributed by atoms with E-state index in [0.29, 0.717) is 28.9 Å². The zero-order valence-electron chi connectivity index (χ0n) is 19.3.